The van der Waals surface area contributed by atoms with Crippen LogP contribution in [0.2, 0.25) is 0 Å². The summed E-state index contributed by atoms with van der Waals surface area (Å²) < 4.78 is 51.1. The number of sulfone groups is 1. The molecule has 8 nitrogen and oxygen atoms in total. The Hall–Kier alpha value is -1.98. The summed E-state index contributed by atoms with van der Waals surface area (Å²) in [6.45, 7) is 6.71. The van der Waals surface area contributed by atoms with Gasteiger partial charge in [0.15, 0.2) is 9.84 Å². The molecule has 1 spiro atoms. The molecule has 2 aromatic carbocycles. The molecule has 3 aliphatic rings. The van der Waals surface area contributed by atoms with Crippen LogP contribution in [-0.2, 0) is 31.2 Å². The van der Waals surface area contributed by atoms with E-state index in [1.54, 1.807) is 28.6 Å². The van der Waals surface area contributed by atoms with Gasteiger partial charge in [0, 0.05) is 44.9 Å². The van der Waals surface area contributed by atoms with Crippen LogP contribution in [0.4, 0.5) is 0 Å². The number of benzene rings is 2. The molecule has 1 amide bonds. The number of sulfonamides is 1. The van der Waals surface area contributed by atoms with E-state index in [2.05, 4.69) is 17.0 Å². The fourth-order valence-corrected chi connectivity index (χ4v) is 8.98. The number of halogens is 1. The quantitative estimate of drug-likeness (QED) is 0.422. The third-order valence-electron chi connectivity index (χ3n) is 9.12. The van der Waals surface area contributed by atoms with E-state index in [4.69, 9.17) is 0 Å². The van der Waals surface area contributed by atoms with Crippen molar-refractivity contribution in [2.45, 2.75) is 50.0 Å². The molecule has 0 unspecified atom stereocenters. The van der Waals surface area contributed by atoms with E-state index in [1.165, 1.54) is 11.8 Å². The number of hydrogen-bond donors (Lipinski definition) is 0. The molecule has 41 heavy (non-hydrogen) atoms. The van der Waals surface area contributed by atoms with Gasteiger partial charge in [0.25, 0.3) is 0 Å². The van der Waals surface area contributed by atoms with E-state index < -0.39 is 19.9 Å². The van der Waals surface area contributed by atoms with Gasteiger partial charge in [0.2, 0.25) is 15.9 Å². The Morgan fingerprint density at radius 1 is 0.878 bits per heavy atom. The Kier molecular flexibility index (Phi) is 9.91. The molecule has 0 radical (unpaired) electrons. The van der Waals surface area contributed by atoms with E-state index in [0.29, 0.717) is 26.1 Å². The SMILES string of the molecule is CCCS(=O)(=O)N1C[C@H](CN2CCC3(CC2)CCN(Cc2ccc(S(C)(=O)=O)cc2)C3=O)[C@@H](c2ccccc2)C1.Cl. The predicted octanol–water partition coefficient (Wildman–Crippen LogP) is 3.78. The fourth-order valence-electron chi connectivity index (χ4n) is 6.77. The second kappa shape index (κ2) is 12.7. The summed E-state index contributed by atoms with van der Waals surface area (Å²) in [7, 11) is -6.50. The zero-order valence-corrected chi connectivity index (χ0v) is 26.4. The summed E-state index contributed by atoms with van der Waals surface area (Å²) in [4.78, 5) is 18.2. The first kappa shape index (κ1) is 31.9. The summed E-state index contributed by atoms with van der Waals surface area (Å²) in [6.07, 6.45) is 4.29. The van der Waals surface area contributed by atoms with Crippen LogP contribution in [0.25, 0.3) is 0 Å². The van der Waals surface area contributed by atoms with Crippen LogP contribution in [0.1, 0.15) is 49.7 Å². The van der Waals surface area contributed by atoms with Crippen LogP contribution in [0.5, 0.6) is 0 Å². The molecular weight excluding hydrogens is 582 g/mol. The zero-order chi connectivity index (χ0) is 28.5. The Bertz CT molecular complexity index is 1410. The van der Waals surface area contributed by atoms with Gasteiger partial charge in [-0.2, -0.15) is 0 Å². The number of piperidine rings is 1. The summed E-state index contributed by atoms with van der Waals surface area (Å²) in [5, 5.41) is 0. The van der Waals surface area contributed by atoms with Crippen molar-refractivity contribution >= 4 is 38.2 Å². The van der Waals surface area contributed by atoms with Crippen LogP contribution < -0.4 is 0 Å². The second-order valence-electron chi connectivity index (χ2n) is 11.9. The summed E-state index contributed by atoms with van der Waals surface area (Å²) in [5.41, 5.74) is 1.81. The highest BCUT2D eigenvalue weighted by molar-refractivity contribution is 7.90. The van der Waals surface area contributed by atoms with Crippen LogP contribution >= 0.6 is 12.4 Å². The molecular formula is C30H42ClN3O5S2. The van der Waals surface area contributed by atoms with Gasteiger partial charge in [0.1, 0.15) is 0 Å². The summed E-state index contributed by atoms with van der Waals surface area (Å²) in [6, 6.07) is 17.1. The first-order chi connectivity index (χ1) is 19.0. The van der Waals surface area contributed by atoms with Gasteiger partial charge in [0.05, 0.1) is 16.1 Å². The van der Waals surface area contributed by atoms with E-state index in [9.17, 15) is 21.6 Å². The van der Waals surface area contributed by atoms with E-state index in [1.807, 2.05) is 30.0 Å². The number of likely N-dealkylation sites (tertiary alicyclic amines) is 2. The maximum Gasteiger partial charge on any atom is 0.229 e. The molecule has 0 N–H and O–H groups in total. The smallest absolute Gasteiger partial charge is 0.229 e. The molecule has 2 aromatic rings. The first-order valence-corrected chi connectivity index (χ1v) is 17.8. The van der Waals surface area contributed by atoms with E-state index in [0.717, 1.165) is 51.0 Å². The van der Waals surface area contributed by atoms with Crippen molar-refractivity contribution in [1.82, 2.24) is 14.1 Å². The van der Waals surface area contributed by atoms with Crippen LogP contribution in [-0.4, -0.2) is 88.1 Å². The molecule has 2 atom stereocenters. The minimum atomic E-state index is -3.26. The number of carbonyl (C=O) groups is 1. The standard InChI is InChI=1S/C30H41N3O5S2.ClH/c1-3-19-40(37,38)33-22-26(28(23-33)25-7-5-4-6-8-25)21-31-16-13-30(14-17-31)15-18-32(29(30)34)20-24-9-11-27(12-10-24)39(2,35)36;/h4-12,26,28H,3,13-23H2,1-2H3;1H/t26-,28+;/m0./s1. The Balaban J connectivity index is 0.00000387. The molecule has 0 aliphatic carbocycles. The largest absolute Gasteiger partial charge is 0.338 e. The van der Waals surface area contributed by atoms with Crippen LogP contribution in [0, 0.1) is 11.3 Å². The molecule has 5 rings (SSSR count). The van der Waals surface area contributed by atoms with Crippen LogP contribution in [0.15, 0.2) is 59.5 Å². The van der Waals surface area contributed by atoms with Crippen molar-refractivity contribution in [3.05, 3.63) is 65.7 Å². The van der Waals surface area contributed by atoms with Gasteiger partial charge in [-0.1, -0.05) is 49.4 Å². The molecule has 226 valence electrons. The highest BCUT2D eigenvalue weighted by Gasteiger charge is 2.48. The van der Waals surface area contributed by atoms with Crippen molar-refractivity contribution in [1.29, 1.82) is 0 Å². The summed E-state index contributed by atoms with van der Waals surface area (Å²) in [5.74, 6) is 0.780. The van der Waals surface area contributed by atoms with Gasteiger partial charge in [-0.05, 0) is 68.0 Å². The van der Waals surface area contributed by atoms with Crippen molar-refractivity contribution in [2.75, 3.05) is 51.3 Å². The lowest BCUT2D eigenvalue weighted by molar-refractivity contribution is -0.139. The number of hydrogen-bond acceptors (Lipinski definition) is 6. The van der Waals surface area contributed by atoms with Crippen LogP contribution in [0.3, 0.4) is 0 Å². The highest BCUT2D eigenvalue weighted by atomic mass is 35.5. The number of carbonyl (C=O) groups excluding carboxylic acids is 1. The Morgan fingerprint density at radius 2 is 1.51 bits per heavy atom. The van der Waals surface area contributed by atoms with Crippen molar-refractivity contribution < 1.29 is 21.6 Å². The fraction of sp³-hybridized carbons (Fsp3) is 0.567. The monoisotopic (exact) mass is 623 g/mol. The van der Waals surface area contributed by atoms with E-state index in [-0.39, 0.29) is 46.2 Å². The lowest BCUT2D eigenvalue weighted by Crippen LogP contribution is -2.46. The molecule has 0 bridgehead atoms. The van der Waals surface area contributed by atoms with Gasteiger partial charge < -0.3 is 9.80 Å². The molecule has 11 heteroatoms. The highest BCUT2D eigenvalue weighted by Crippen LogP contribution is 2.43. The lowest BCUT2D eigenvalue weighted by atomic mass is 9.76. The number of nitrogens with zero attached hydrogens (tertiary/aromatic N) is 3. The minimum absolute atomic E-state index is 0. The minimum Gasteiger partial charge on any atom is -0.338 e. The molecule has 0 saturated carbocycles. The number of amides is 1. The predicted molar refractivity (Wildman–Crippen MR) is 163 cm³/mol. The maximum atomic E-state index is 13.6. The van der Waals surface area contributed by atoms with Crippen molar-refractivity contribution in [3.63, 3.8) is 0 Å². The molecule has 3 heterocycles. The maximum absolute atomic E-state index is 13.6. The topological polar surface area (TPSA) is 95.1 Å². The second-order valence-corrected chi connectivity index (χ2v) is 16.0. The van der Waals surface area contributed by atoms with Gasteiger partial charge in [-0.25, -0.2) is 21.1 Å². The van der Waals surface area contributed by atoms with Gasteiger partial charge in [-0.15, -0.1) is 12.4 Å². The molecule has 3 saturated heterocycles. The average Bonchev–Trinajstić information content (AvgIpc) is 3.48. The van der Waals surface area contributed by atoms with Gasteiger partial charge in [-0.3, -0.25) is 4.79 Å². The van der Waals surface area contributed by atoms with Crippen molar-refractivity contribution in [2.24, 2.45) is 11.3 Å². The Morgan fingerprint density at radius 3 is 2.12 bits per heavy atom. The zero-order valence-electron chi connectivity index (χ0n) is 23.9. The number of rotatable bonds is 9. The summed E-state index contributed by atoms with van der Waals surface area (Å²) >= 11 is 0. The molecule has 3 fully saturated rings. The molecule has 3 aliphatic heterocycles. The molecule has 0 aromatic heterocycles. The van der Waals surface area contributed by atoms with Gasteiger partial charge >= 0.3 is 0 Å². The first-order valence-electron chi connectivity index (χ1n) is 14.3. The normalized spacial score (nSPS) is 23.7. The average molecular weight is 624 g/mol. The van der Waals surface area contributed by atoms with E-state index >= 15 is 0 Å². The third kappa shape index (κ3) is 6.99. The third-order valence-corrected chi connectivity index (χ3v) is 12.3. The Labute approximate surface area is 251 Å². The lowest BCUT2D eigenvalue weighted by Gasteiger charge is -2.39. The van der Waals surface area contributed by atoms with Crippen molar-refractivity contribution in [3.8, 4) is 0 Å².